The van der Waals surface area contributed by atoms with Crippen LogP contribution in [0.25, 0.3) is 0 Å². The van der Waals surface area contributed by atoms with Gasteiger partial charge in [-0.15, -0.1) is 11.3 Å². The number of hydrogen-bond donors (Lipinski definition) is 1. The zero-order chi connectivity index (χ0) is 8.55. The van der Waals surface area contributed by atoms with Crippen molar-refractivity contribution in [3.05, 3.63) is 20.3 Å². The third-order valence-corrected chi connectivity index (χ3v) is 3.80. The summed E-state index contributed by atoms with van der Waals surface area (Å²) in [5, 5.41) is 9.66. The first kappa shape index (κ1) is 8.51. The van der Waals surface area contributed by atoms with Crippen LogP contribution in [0.5, 0.6) is 0 Å². The molecule has 1 aliphatic rings. The molecule has 0 aliphatic carbocycles. The SMILES string of the molecule is OCc1sc2c(c1Cl)COCC2. The van der Waals surface area contributed by atoms with Crippen LogP contribution in [-0.4, -0.2) is 11.7 Å². The van der Waals surface area contributed by atoms with Gasteiger partial charge in [-0.05, 0) is 0 Å². The van der Waals surface area contributed by atoms with Crippen molar-refractivity contribution in [2.24, 2.45) is 0 Å². The monoisotopic (exact) mass is 204 g/mol. The Morgan fingerprint density at radius 1 is 1.58 bits per heavy atom. The third-order valence-electron chi connectivity index (χ3n) is 1.96. The predicted octanol–water partition coefficient (Wildman–Crippen LogP) is 1.97. The van der Waals surface area contributed by atoms with Crippen LogP contribution in [0.15, 0.2) is 0 Å². The van der Waals surface area contributed by atoms with E-state index in [0.29, 0.717) is 11.6 Å². The fourth-order valence-corrected chi connectivity index (χ4v) is 2.78. The molecule has 4 heteroatoms. The molecule has 0 saturated heterocycles. The summed E-state index contributed by atoms with van der Waals surface area (Å²) >= 11 is 7.61. The highest BCUT2D eigenvalue weighted by Crippen LogP contribution is 2.35. The van der Waals surface area contributed by atoms with Gasteiger partial charge in [0.25, 0.3) is 0 Å². The fourth-order valence-electron chi connectivity index (χ4n) is 1.33. The summed E-state index contributed by atoms with van der Waals surface area (Å²) in [6, 6.07) is 0. The normalized spacial score (nSPS) is 16.2. The second kappa shape index (κ2) is 3.34. The van der Waals surface area contributed by atoms with Gasteiger partial charge in [-0.25, -0.2) is 0 Å². The molecule has 0 fully saturated rings. The number of aliphatic hydroxyl groups excluding tert-OH is 1. The Balaban J connectivity index is 2.44. The lowest BCUT2D eigenvalue weighted by Gasteiger charge is -2.11. The average Bonchev–Trinajstić information content (AvgIpc) is 2.44. The van der Waals surface area contributed by atoms with Gasteiger partial charge >= 0.3 is 0 Å². The predicted molar refractivity (Wildman–Crippen MR) is 48.6 cm³/mol. The summed E-state index contributed by atoms with van der Waals surface area (Å²) in [6.45, 7) is 1.41. The van der Waals surface area contributed by atoms with Gasteiger partial charge < -0.3 is 9.84 Å². The van der Waals surface area contributed by atoms with Gasteiger partial charge in [0.1, 0.15) is 0 Å². The molecule has 0 saturated carbocycles. The molecule has 1 N–H and O–H groups in total. The lowest BCUT2D eigenvalue weighted by molar-refractivity contribution is 0.112. The molecule has 0 unspecified atom stereocenters. The van der Waals surface area contributed by atoms with E-state index >= 15 is 0 Å². The van der Waals surface area contributed by atoms with Gasteiger partial charge in [0.2, 0.25) is 0 Å². The molecular formula is C8H9ClO2S. The number of thiophene rings is 1. The Labute approximate surface area is 79.7 Å². The van der Waals surface area contributed by atoms with E-state index in [1.165, 1.54) is 4.88 Å². The minimum Gasteiger partial charge on any atom is -0.391 e. The Hall–Kier alpha value is -0.0900. The summed E-state index contributed by atoms with van der Waals surface area (Å²) in [6.07, 6.45) is 0.930. The zero-order valence-electron chi connectivity index (χ0n) is 6.47. The van der Waals surface area contributed by atoms with E-state index in [1.807, 2.05) is 0 Å². The van der Waals surface area contributed by atoms with E-state index in [2.05, 4.69) is 0 Å². The summed E-state index contributed by atoms with van der Waals surface area (Å²) in [7, 11) is 0. The summed E-state index contributed by atoms with van der Waals surface area (Å²) in [5.41, 5.74) is 1.08. The van der Waals surface area contributed by atoms with Gasteiger partial charge in [-0.3, -0.25) is 0 Å². The largest absolute Gasteiger partial charge is 0.391 e. The molecule has 2 heterocycles. The van der Waals surface area contributed by atoms with Crippen molar-refractivity contribution in [3.8, 4) is 0 Å². The average molecular weight is 205 g/mol. The molecule has 0 amide bonds. The van der Waals surface area contributed by atoms with Gasteiger partial charge in [0.05, 0.1) is 24.8 Å². The van der Waals surface area contributed by atoms with Crippen LogP contribution in [0.4, 0.5) is 0 Å². The van der Waals surface area contributed by atoms with E-state index in [9.17, 15) is 0 Å². The van der Waals surface area contributed by atoms with E-state index in [4.69, 9.17) is 21.4 Å². The van der Waals surface area contributed by atoms with Gasteiger partial charge in [-0.2, -0.15) is 0 Å². The first-order valence-electron chi connectivity index (χ1n) is 3.80. The topological polar surface area (TPSA) is 29.5 Å². The summed E-state index contributed by atoms with van der Waals surface area (Å²) in [5.74, 6) is 0. The zero-order valence-corrected chi connectivity index (χ0v) is 8.04. The van der Waals surface area contributed by atoms with Crippen molar-refractivity contribution in [1.29, 1.82) is 0 Å². The Morgan fingerprint density at radius 3 is 3.08 bits per heavy atom. The highest BCUT2D eigenvalue weighted by molar-refractivity contribution is 7.12. The number of hydrogen-bond acceptors (Lipinski definition) is 3. The lowest BCUT2D eigenvalue weighted by atomic mass is 10.2. The van der Waals surface area contributed by atoms with Crippen molar-refractivity contribution < 1.29 is 9.84 Å². The molecule has 1 aromatic rings. The minimum absolute atomic E-state index is 0.0382. The molecule has 0 spiro atoms. The molecule has 1 aliphatic heterocycles. The van der Waals surface area contributed by atoms with Crippen LogP contribution in [0.2, 0.25) is 5.02 Å². The minimum atomic E-state index is 0.0382. The number of ether oxygens (including phenoxy) is 1. The van der Waals surface area contributed by atoms with Gasteiger partial charge in [0.15, 0.2) is 0 Å². The first-order chi connectivity index (χ1) is 5.83. The fraction of sp³-hybridized carbons (Fsp3) is 0.500. The van der Waals surface area contributed by atoms with E-state index in [0.717, 1.165) is 23.5 Å². The highest BCUT2D eigenvalue weighted by atomic mass is 35.5. The van der Waals surface area contributed by atoms with Crippen LogP contribution < -0.4 is 0 Å². The second-order valence-corrected chi connectivity index (χ2v) is 4.27. The van der Waals surface area contributed by atoms with Crippen LogP contribution in [0.1, 0.15) is 15.3 Å². The molecule has 2 rings (SSSR count). The van der Waals surface area contributed by atoms with E-state index in [-0.39, 0.29) is 6.61 Å². The Kier molecular flexibility index (Phi) is 2.37. The molecular weight excluding hydrogens is 196 g/mol. The van der Waals surface area contributed by atoms with Gasteiger partial charge in [0, 0.05) is 21.7 Å². The molecule has 12 heavy (non-hydrogen) atoms. The van der Waals surface area contributed by atoms with Crippen molar-refractivity contribution in [2.45, 2.75) is 19.6 Å². The molecule has 0 atom stereocenters. The van der Waals surface area contributed by atoms with Gasteiger partial charge in [-0.1, -0.05) is 11.6 Å². The van der Waals surface area contributed by atoms with Crippen LogP contribution >= 0.6 is 22.9 Å². The van der Waals surface area contributed by atoms with Crippen molar-refractivity contribution >= 4 is 22.9 Å². The lowest BCUT2D eigenvalue weighted by Crippen LogP contribution is -2.06. The quantitative estimate of drug-likeness (QED) is 0.758. The van der Waals surface area contributed by atoms with Crippen LogP contribution in [0, 0.1) is 0 Å². The summed E-state index contributed by atoms with van der Waals surface area (Å²) in [4.78, 5) is 2.14. The van der Waals surface area contributed by atoms with Crippen LogP contribution in [0.3, 0.4) is 0 Å². The van der Waals surface area contributed by atoms with Crippen molar-refractivity contribution in [2.75, 3.05) is 6.61 Å². The van der Waals surface area contributed by atoms with Crippen LogP contribution in [-0.2, 0) is 24.4 Å². The molecule has 0 aromatic carbocycles. The number of halogens is 1. The Bertz CT molecular complexity index is 295. The van der Waals surface area contributed by atoms with Crippen molar-refractivity contribution in [3.63, 3.8) is 0 Å². The smallest absolute Gasteiger partial charge is 0.0789 e. The Morgan fingerprint density at radius 2 is 2.42 bits per heavy atom. The van der Waals surface area contributed by atoms with Crippen molar-refractivity contribution in [1.82, 2.24) is 0 Å². The number of aliphatic hydroxyl groups is 1. The van der Waals surface area contributed by atoms with E-state index in [1.54, 1.807) is 11.3 Å². The number of rotatable bonds is 1. The maximum Gasteiger partial charge on any atom is 0.0789 e. The third kappa shape index (κ3) is 1.27. The number of fused-ring (bicyclic) bond motifs is 1. The molecule has 0 radical (unpaired) electrons. The highest BCUT2D eigenvalue weighted by Gasteiger charge is 2.18. The maximum absolute atomic E-state index is 8.95. The molecule has 0 bridgehead atoms. The standard InChI is InChI=1S/C8H9ClO2S/c9-8-5-4-11-2-1-6(5)12-7(8)3-10/h10H,1-4H2. The summed E-state index contributed by atoms with van der Waals surface area (Å²) < 4.78 is 5.28. The molecule has 1 aromatic heterocycles. The molecule has 66 valence electrons. The first-order valence-corrected chi connectivity index (χ1v) is 5.00. The second-order valence-electron chi connectivity index (χ2n) is 2.70. The molecule has 2 nitrogen and oxygen atoms in total. The maximum atomic E-state index is 8.95. The van der Waals surface area contributed by atoms with E-state index < -0.39 is 0 Å².